The van der Waals surface area contributed by atoms with Gasteiger partial charge in [-0.3, -0.25) is 14.4 Å². The van der Waals surface area contributed by atoms with Gasteiger partial charge >= 0.3 is 11.9 Å². The molecule has 0 aliphatic carbocycles. The Morgan fingerprint density at radius 3 is 2.20 bits per heavy atom. The van der Waals surface area contributed by atoms with Gasteiger partial charge in [0.05, 0.1) is 25.0 Å². The monoisotopic (exact) mass is 421 g/mol. The Balaban J connectivity index is 3.02. The minimum atomic E-state index is -1.05. The maximum absolute atomic E-state index is 12.9. The van der Waals surface area contributed by atoms with Gasteiger partial charge in [0, 0.05) is 11.1 Å². The molecule has 1 aromatic carbocycles. The lowest BCUT2D eigenvalue weighted by molar-refractivity contribution is -0.158. The summed E-state index contributed by atoms with van der Waals surface area (Å²) in [4.78, 5) is 38.0. The second kappa shape index (κ2) is 11.0. The first-order valence-electron chi connectivity index (χ1n) is 10.3. The third kappa shape index (κ3) is 7.04. The zero-order chi connectivity index (χ0) is 22.9. The van der Waals surface area contributed by atoms with E-state index < -0.39 is 22.7 Å². The largest absolute Gasteiger partial charge is 0.508 e. The van der Waals surface area contributed by atoms with Crippen LogP contribution in [0.1, 0.15) is 60.3 Å². The highest BCUT2D eigenvalue weighted by atomic mass is 16.5. The van der Waals surface area contributed by atoms with Gasteiger partial charge in [0.2, 0.25) is 5.91 Å². The lowest BCUT2D eigenvalue weighted by Crippen LogP contribution is -2.42. The predicted molar refractivity (Wildman–Crippen MR) is 115 cm³/mol. The van der Waals surface area contributed by atoms with Crippen LogP contribution in [0, 0.1) is 16.7 Å². The quantitative estimate of drug-likeness (QED) is 0.408. The van der Waals surface area contributed by atoms with Crippen LogP contribution in [0.4, 0.5) is 5.69 Å². The normalized spacial score (nSPS) is 14.3. The van der Waals surface area contributed by atoms with Crippen molar-refractivity contribution in [2.45, 2.75) is 60.3 Å². The number of esters is 2. The molecule has 168 valence electrons. The van der Waals surface area contributed by atoms with E-state index in [9.17, 15) is 19.5 Å². The molecule has 0 bridgehead atoms. The standard InChI is InChI=1S/C23H35NO6/c1-7-13-30-19(26)16(8-2)14-23(5,21(28)29-6)15-22(3,4)20(27)24-17-9-11-18(25)12-10-17/h9-12,16,25H,7-8,13-15H2,1-6H3,(H,24,27). The number of methoxy groups -OCH3 is 1. The molecule has 1 amide bonds. The average molecular weight is 422 g/mol. The molecule has 0 saturated carbocycles. The summed E-state index contributed by atoms with van der Waals surface area (Å²) >= 11 is 0. The highest BCUT2D eigenvalue weighted by Gasteiger charge is 2.45. The number of benzene rings is 1. The van der Waals surface area contributed by atoms with Crippen LogP contribution < -0.4 is 5.32 Å². The minimum Gasteiger partial charge on any atom is -0.508 e. The number of nitrogens with one attached hydrogen (secondary N) is 1. The highest BCUT2D eigenvalue weighted by molar-refractivity contribution is 5.95. The fraction of sp³-hybridized carbons (Fsp3) is 0.609. The van der Waals surface area contributed by atoms with Gasteiger partial charge in [-0.2, -0.15) is 0 Å². The van der Waals surface area contributed by atoms with Crippen molar-refractivity contribution in [1.29, 1.82) is 0 Å². The Morgan fingerprint density at radius 2 is 1.70 bits per heavy atom. The molecule has 0 aliphatic rings. The van der Waals surface area contributed by atoms with Gasteiger partial charge in [-0.1, -0.05) is 27.7 Å². The molecule has 2 atom stereocenters. The molecular formula is C23H35NO6. The SMILES string of the molecule is CCCOC(=O)C(CC)CC(C)(CC(C)(C)C(=O)Nc1ccc(O)cc1)C(=O)OC. The molecule has 7 nitrogen and oxygen atoms in total. The molecule has 30 heavy (non-hydrogen) atoms. The van der Waals surface area contributed by atoms with Crippen molar-refractivity contribution in [2.24, 2.45) is 16.7 Å². The maximum atomic E-state index is 12.9. The number of carbonyl (C=O) groups is 3. The molecule has 2 N–H and O–H groups in total. The van der Waals surface area contributed by atoms with E-state index in [2.05, 4.69) is 5.32 Å². The minimum absolute atomic E-state index is 0.103. The van der Waals surface area contributed by atoms with E-state index in [1.54, 1.807) is 32.9 Å². The Labute approximate surface area is 179 Å². The van der Waals surface area contributed by atoms with Gasteiger partial charge in [0.15, 0.2) is 0 Å². The molecule has 0 saturated heterocycles. The van der Waals surface area contributed by atoms with E-state index in [1.165, 1.54) is 19.2 Å². The van der Waals surface area contributed by atoms with Gasteiger partial charge in [-0.15, -0.1) is 0 Å². The summed E-state index contributed by atoms with van der Waals surface area (Å²) in [5.41, 5.74) is -1.43. The first kappa shape index (κ1) is 25.5. The van der Waals surface area contributed by atoms with Crippen LogP contribution in [0.25, 0.3) is 0 Å². The van der Waals surface area contributed by atoms with Gasteiger partial charge < -0.3 is 19.9 Å². The molecule has 0 heterocycles. The first-order chi connectivity index (χ1) is 14.0. The number of anilines is 1. The smallest absolute Gasteiger partial charge is 0.311 e. The molecule has 0 fully saturated rings. The zero-order valence-electron chi connectivity index (χ0n) is 18.9. The van der Waals surface area contributed by atoms with Crippen molar-refractivity contribution in [2.75, 3.05) is 19.0 Å². The summed E-state index contributed by atoms with van der Waals surface area (Å²) in [5.74, 6) is -1.43. The van der Waals surface area contributed by atoms with E-state index in [0.717, 1.165) is 6.42 Å². The number of phenolic OH excluding ortho intramolecular Hbond substituents is 1. The number of carbonyl (C=O) groups excluding carboxylic acids is 3. The Bertz CT molecular complexity index is 728. The number of amides is 1. The summed E-state index contributed by atoms with van der Waals surface area (Å²) in [6.07, 6.45) is 1.67. The third-order valence-corrected chi connectivity index (χ3v) is 5.22. The van der Waals surface area contributed by atoms with E-state index in [0.29, 0.717) is 18.7 Å². The highest BCUT2D eigenvalue weighted by Crippen LogP contribution is 2.41. The molecule has 0 radical (unpaired) electrons. The molecule has 2 unspecified atom stereocenters. The van der Waals surface area contributed by atoms with E-state index >= 15 is 0 Å². The number of rotatable bonds is 11. The van der Waals surface area contributed by atoms with Crippen LogP contribution >= 0.6 is 0 Å². The molecule has 0 aliphatic heterocycles. The van der Waals surface area contributed by atoms with Crippen LogP contribution in [-0.2, 0) is 23.9 Å². The topological polar surface area (TPSA) is 102 Å². The fourth-order valence-electron chi connectivity index (χ4n) is 3.63. The second-order valence-corrected chi connectivity index (χ2v) is 8.59. The lowest BCUT2D eigenvalue weighted by Gasteiger charge is -2.36. The first-order valence-corrected chi connectivity index (χ1v) is 10.3. The molecular weight excluding hydrogens is 386 g/mol. The number of aromatic hydroxyl groups is 1. The summed E-state index contributed by atoms with van der Waals surface area (Å²) in [6.45, 7) is 9.36. The Morgan fingerprint density at radius 1 is 1.10 bits per heavy atom. The summed E-state index contributed by atoms with van der Waals surface area (Å²) < 4.78 is 10.3. The van der Waals surface area contributed by atoms with E-state index in [4.69, 9.17) is 9.47 Å². The number of phenols is 1. The van der Waals surface area contributed by atoms with Gasteiger partial charge in [0.25, 0.3) is 0 Å². The van der Waals surface area contributed by atoms with Crippen molar-refractivity contribution in [3.63, 3.8) is 0 Å². The van der Waals surface area contributed by atoms with Crippen molar-refractivity contribution in [1.82, 2.24) is 0 Å². The summed E-state index contributed by atoms with van der Waals surface area (Å²) in [5, 5.41) is 12.2. The Hall–Kier alpha value is -2.57. The van der Waals surface area contributed by atoms with Crippen LogP contribution in [0.15, 0.2) is 24.3 Å². The maximum Gasteiger partial charge on any atom is 0.311 e. The fourth-order valence-corrected chi connectivity index (χ4v) is 3.63. The zero-order valence-corrected chi connectivity index (χ0v) is 18.9. The van der Waals surface area contributed by atoms with Gasteiger partial charge in [0.1, 0.15) is 5.75 Å². The third-order valence-electron chi connectivity index (χ3n) is 5.22. The summed E-state index contributed by atoms with van der Waals surface area (Å²) in [7, 11) is 1.31. The number of hydrogen-bond donors (Lipinski definition) is 2. The van der Waals surface area contributed by atoms with Crippen molar-refractivity contribution < 1.29 is 29.0 Å². The second-order valence-electron chi connectivity index (χ2n) is 8.59. The molecule has 0 spiro atoms. The molecule has 1 aromatic rings. The van der Waals surface area contributed by atoms with Crippen LogP contribution in [0.5, 0.6) is 5.75 Å². The lowest BCUT2D eigenvalue weighted by atomic mass is 9.69. The number of ether oxygens (including phenoxy) is 2. The molecule has 0 aromatic heterocycles. The van der Waals surface area contributed by atoms with Gasteiger partial charge in [-0.25, -0.2) is 0 Å². The van der Waals surface area contributed by atoms with Crippen LogP contribution in [0.2, 0.25) is 0 Å². The van der Waals surface area contributed by atoms with E-state index in [-0.39, 0.29) is 30.5 Å². The number of hydrogen-bond acceptors (Lipinski definition) is 6. The van der Waals surface area contributed by atoms with Gasteiger partial charge in [-0.05, 0) is 56.9 Å². The Kier molecular flexibility index (Phi) is 9.33. The van der Waals surface area contributed by atoms with Crippen LogP contribution in [-0.4, -0.2) is 36.7 Å². The van der Waals surface area contributed by atoms with Crippen molar-refractivity contribution in [3.05, 3.63) is 24.3 Å². The van der Waals surface area contributed by atoms with Crippen molar-refractivity contribution in [3.8, 4) is 5.75 Å². The summed E-state index contributed by atoms with van der Waals surface area (Å²) in [6, 6.07) is 6.16. The molecule has 1 rings (SSSR count). The average Bonchev–Trinajstić information content (AvgIpc) is 2.70. The van der Waals surface area contributed by atoms with E-state index in [1.807, 2.05) is 13.8 Å². The molecule has 7 heteroatoms. The van der Waals surface area contributed by atoms with Crippen LogP contribution in [0.3, 0.4) is 0 Å². The van der Waals surface area contributed by atoms with Crippen molar-refractivity contribution >= 4 is 23.5 Å². The predicted octanol–water partition coefficient (Wildman–Crippen LogP) is 4.30.